The van der Waals surface area contributed by atoms with Gasteiger partial charge in [0, 0.05) is 49.5 Å². The molecule has 2 bridgehead atoms. The van der Waals surface area contributed by atoms with Crippen LogP contribution in [0.15, 0.2) is 42.5 Å². The molecule has 3 atom stereocenters. The number of hydrogen-bond acceptors (Lipinski definition) is 2. The Hall–Kier alpha value is -2.13. The van der Waals surface area contributed by atoms with Gasteiger partial charge < -0.3 is 10.2 Å². The van der Waals surface area contributed by atoms with Crippen molar-refractivity contribution in [3.63, 3.8) is 0 Å². The summed E-state index contributed by atoms with van der Waals surface area (Å²) >= 11 is 0. The van der Waals surface area contributed by atoms with E-state index in [1.54, 1.807) is 18.1 Å². The molecule has 2 aromatic rings. The van der Waals surface area contributed by atoms with Gasteiger partial charge in [0.2, 0.25) is 5.91 Å². The number of rotatable bonds is 3. The summed E-state index contributed by atoms with van der Waals surface area (Å²) in [6.07, 6.45) is 6.89. The topological polar surface area (TPSA) is 32.3 Å². The molecule has 2 aromatic carbocycles. The van der Waals surface area contributed by atoms with Crippen molar-refractivity contribution in [2.75, 3.05) is 25.0 Å². The van der Waals surface area contributed by atoms with Crippen molar-refractivity contribution < 1.29 is 4.79 Å². The van der Waals surface area contributed by atoms with Gasteiger partial charge in [-0.1, -0.05) is 43.2 Å². The first kappa shape index (κ1) is 17.7. The van der Waals surface area contributed by atoms with Crippen LogP contribution in [0.3, 0.4) is 0 Å². The molecule has 1 N–H and O–H groups in total. The predicted octanol–water partition coefficient (Wildman–Crippen LogP) is 5.02. The Labute approximate surface area is 173 Å². The molecule has 3 aliphatic carbocycles. The largest absolute Gasteiger partial charge is 0.326 e. The lowest BCUT2D eigenvalue weighted by Crippen LogP contribution is -2.35. The van der Waals surface area contributed by atoms with Gasteiger partial charge in [-0.3, -0.25) is 4.79 Å². The van der Waals surface area contributed by atoms with Crippen LogP contribution in [-0.2, 0) is 10.2 Å². The van der Waals surface area contributed by atoms with Crippen molar-refractivity contribution >= 4 is 11.6 Å². The molecular weight excluding hydrogens is 356 g/mol. The number of carbonyl (C=O) groups is 1. The third kappa shape index (κ3) is 2.63. The average Bonchev–Trinajstić information content (AvgIpc) is 3.41. The molecule has 3 nitrogen and oxygen atoms in total. The van der Waals surface area contributed by atoms with Crippen LogP contribution in [0.1, 0.15) is 73.1 Å². The van der Waals surface area contributed by atoms with E-state index in [0.717, 1.165) is 11.6 Å². The van der Waals surface area contributed by atoms with Crippen LogP contribution < -0.4 is 5.32 Å². The van der Waals surface area contributed by atoms with E-state index < -0.39 is 0 Å². The van der Waals surface area contributed by atoms with Gasteiger partial charge in [-0.15, -0.1) is 0 Å². The fraction of sp³-hybridized carbons (Fsp3) is 0.500. The van der Waals surface area contributed by atoms with Gasteiger partial charge in [0.05, 0.1) is 0 Å². The van der Waals surface area contributed by atoms with Gasteiger partial charge >= 0.3 is 0 Å². The highest BCUT2D eigenvalue weighted by molar-refractivity contribution is 5.89. The molecule has 1 saturated carbocycles. The number of anilines is 1. The molecule has 0 aromatic heterocycles. The second kappa shape index (κ2) is 6.43. The van der Waals surface area contributed by atoms with Crippen LogP contribution in [0.4, 0.5) is 5.69 Å². The Morgan fingerprint density at radius 2 is 1.90 bits per heavy atom. The first-order valence-corrected chi connectivity index (χ1v) is 11.4. The molecule has 4 aliphatic rings. The fourth-order valence-electron chi connectivity index (χ4n) is 7.16. The van der Waals surface area contributed by atoms with Crippen LogP contribution >= 0.6 is 0 Å². The van der Waals surface area contributed by atoms with Crippen LogP contribution in [0.5, 0.6) is 0 Å². The molecule has 1 spiro atoms. The third-order valence-corrected chi connectivity index (χ3v) is 8.21. The van der Waals surface area contributed by atoms with E-state index in [0.29, 0.717) is 11.8 Å². The molecule has 150 valence electrons. The minimum Gasteiger partial charge on any atom is -0.326 e. The van der Waals surface area contributed by atoms with Gasteiger partial charge in [-0.2, -0.15) is 0 Å². The fourth-order valence-corrected chi connectivity index (χ4v) is 7.16. The maximum absolute atomic E-state index is 11.7. The first-order chi connectivity index (χ1) is 14.1. The highest BCUT2D eigenvalue weighted by Gasteiger charge is 2.58. The quantitative estimate of drug-likeness (QED) is 0.803. The van der Waals surface area contributed by atoms with Crippen molar-refractivity contribution in [3.8, 4) is 0 Å². The number of likely N-dealkylation sites (tertiary alicyclic amines) is 1. The Morgan fingerprint density at radius 1 is 1.10 bits per heavy atom. The second-order valence-corrected chi connectivity index (χ2v) is 9.92. The van der Waals surface area contributed by atoms with Gasteiger partial charge in [-0.05, 0) is 59.6 Å². The van der Waals surface area contributed by atoms with Gasteiger partial charge in [0.1, 0.15) is 0 Å². The Morgan fingerprint density at radius 3 is 2.69 bits per heavy atom. The Bertz CT molecular complexity index is 976. The van der Waals surface area contributed by atoms with E-state index >= 15 is 0 Å². The third-order valence-electron chi connectivity index (χ3n) is 8.21. The molecule has 0 radical (unpaired) electrons. The molecular formula is C26H30N2O. The monoisotopic (exact) mass is 386 g/mol. The zero-order valence-corrected chi connectivity index (χ0v) is 17.3. The van der Waals surface area contributed by atoms with Crippen molar-refractivity contribution in [1.29, 1.82) is 0 Å². The maximum atomic E-state index is 11.7. The first-order valence-electron chi connectivity index (χ1n) is 11.4. The molecule has 1 heterocycles. The summed E-state index contributed by atoms with van der Waals surface area (Å²) in [5, 5.41) is 3.03. The zero-order valence-electron chi connectivity index (χ0n) is 17.3. The Balaban J connectivity index is 1.44. The van der Waals surface area contributed by atoms with Crippen molar-refractivity contribution in [2.45, 2.75) is 56.3 Å². The van der Waals surface area contributed by atoms with Gasteiger partial charge in [-0.25, -0.2) is 0 Å². The zero-order chi connectivity index (χ0) is 19.6. The number of carbonyl (C=O) groups excluding carboxylic acids is 1. The van der Waals surface area contributed by atoms with Gasteiger partial charge in [0.15, 0.2) is 0 Å². The number of amides is 1. The summed E-state index contributed by atoms with van der Waals surface area (Å²) in [7, 11) is 0. The predicted molar refractivity (Wildman–Crippen MR) is 116 cm³/mol. The van der Waals surface area contributed by atoms with E-state index in [4.69, 9.17) is 0 Å². The smallest absolute Gasteiger partial charge is 0.221 e. The lowest BCUT2D eigenvalue weighted by Gasteiger charge is -2.37. The van der Waals surface area contributed by atoms with Crippen LogP contribution in [0.2, 0.25) is 0 Å². The van der Waals surface area contributed by atoms with E-state index in [2.05, 4.69) is 52.7 Å². The lowest BCUT2D eigenvalue weighted by molar-refractivity contribution is -0.114. The summed E-state index contributed by atoms with van der Waals surface area (Å²) in [4.78, 5) is 14.4. The number of nitrogens with one attached hydrogen (secondary N) is 1. The number of fused-ring (bicyclic) bond motifs is 3. The van der Waals surface area contributed by atoms with Crippen LogP contribution in [0.25, 0.3) is 0 Å². The van der Waals surface area contributed by atoms with Crippen molar-refractivity contribution in [2.24, 2.45) is 5.92 Å². The number of benzene rings is 2. The minimum atomic E-state index is 0.0116. The highest BCUT2D eigenvalue weighted by Crippen LogP contribution is 2.63. The molecule has 3 heteroatoms. The Kier molecular flexibility index (Phi) is 3.93. The SMILES string of the molecule is CC(=O)Nc1ccc2c(c1)C13CC2c2ccccc2C1CN(CC1CCCC1)C3. The number of nitrogens with zero attached hydrogens (tertiary/aromatic N) is 1. The molecule has 2 fully saturated rings. The second-order valence-electron chi connectivity index (χ2n) is 9.92. The molecule has 29 heavy (non-hydrogen) atoms. The average molecular weight is 387 g/mol. The van der Waals surface area contributed by atoms with Crippen molar-refractivity contribution in [3.05, 3.63) is 64.7 Å². The molecule has 6 rings (SSSR count). The van der Waals surface area contributed by atoms with E-state index in [9.17, 15) is 4.79 Å². The number of hydrogen-bond donors (Lipinski definition) is 1. The lowest BCUT2D eigenvalue weighted by atomic mass is 9.65. The maximum Gasteiger partial charge on any atom is 0.221 e. The highest BCUT2D eigenvalue weighted by atomic mass is 16.1. The molecule has 1 saturated heterocycles. The molecule has 1 aliphatic heterocycles. The minimum absolute atomic E-state index is 0.0116. The standard InChI is InChI=1S/C26H30N2O/c1-17(29)27-19-10-11-22-23-13-26(24(22)12-19)16-28(14-18-6-2-3-7-18)15-25(26)21-9-5-4-8-20(21)23/h4-5,8-12,18,23,25H,2-3,6-7,13-16H2,1H3,(H,27,29). The summed E-state index contributed by atoms with van der Waals surface area (Å²) in [6, 6.07) is 15.9. The van der Waals surface area contributed by atoms with E-state index in [1.807, 2.05) is 0 Å². The summed E-state index contributed by atoms with van der Waals surface area (Å²) in [5.74, 6) is 1.99. The van der Waals surface area contributed by atoms with Crippen LogP contribution in [0, 0.1) is 5.92 Å². The van der Waals surface area contributed by atoms with E-state index in [-0.39, 0.29) is 11.3 Å². The van der Waals surface area contributed by atoms with Crippen LogP contribution in [-0.4, -0.2) is 30.4 Å². The normalized spacial score (nSPS) is 30.1. The summed E-state index contributed by atoms with van der Waals surface area (Å²) in [6.45, 7) is 5.23. The van der Waals surface area contributed by atoms with Gasteiger partial charge in [0.25, 0.3) is 0 Å². The summed E-state index contributed by atoms with van der Waals surface area (Å²) < 4.78 is 0. The van der Waals surface area contributed by atoms with Crippen molar-refractivity contribution in [1.82, 2.24) is 4.90 Å². The van der Waals surface area contributed by atoms with E-state index in [1.165, 1.54) is 62.9 Å². The molecule has 3 unspecified atom stereocenters. The molecule has 1 amide bonds. The summed E-state index contributed by atoms with van der Waals surface area (Å²) in [5.41, 5.74) is 7.29.